The van der Waals surface area contributed by atoms with Crippen molar-refractivity contribution in [1.82, 2.24) is 10.6 Å². The molecule has 4 aliphatic carbocycles. The minimum atomic E-state index is -0.380. The van der Waals surface area contributed by atoms with Crippen molar-refractivity contribution in [2.75, 3.05) is 26.2 Å². The van der Waals surface area contributed by atoms with Gasteiger partial charge in [-0.15, -0.1) is 0 Å². The van der Waals surface area contributed by atoms with Crippen molar-refractivity contribution in [2.45, 2.75) is 51.6 Å². The van der Waals surface area contributed by atoms with Crippen LogP contribution in [0.25, 0.3) is 0 Å². The van der Waals surface area contributed by atoms with Crippen LogP contribution in [0.3, 0.4) is 0 Å². The molecule has 1 aromatic rings. The summed E-state index contributed by atoms with van der Waals surface area (Å²) >= 11 is 6.31. The van der Waals surface area contributed by atoms with Crippen molar-refractivity contribution in [3.8, 4) is 5.75 Å². The number of benzene rings is 1. The smallest absolute Gasteiger partial charge is 0.252 e. The monoisotopic (exact) mass is 420 g/mol. The molecule has 0 aromatic heterocycles. The van der Waals surface area contributed by atoms with Crippen LogP contribution in [-0.2, 0) is 0 Å². The summed E-state index contributed by atoms with van der Waals surface area (Å²) < 4.78 is 5.73. The van der Waals surface area contributed by atoms with E-state index in [4.69, 9.17) is 16.3 Å². The van der Waals surface area contributed by atoms with Crippen molar-refractivity contribution in [2.24, 2.45) is 23.2 Å². The summed E-state index contributed by atoms with van der Waals surface area (Å²) in [5, 5.41) is 16.0. The Bertz CT molecular complexity index is 702. The molecule has 5 rings (SSSR count). The van der Waals surface area contributed by atoms with Crippen LogP contribution in [-0.4, -0.2) is 43.4 Å². The first kappa shape index (κ1) is 21.0. The Labute approximate surface area is 178 Å². The quantitative estimate of drug-likeness (QED) is 0.533. The Morgan fingerprint density at radius 1 is 1.24 bits per heavy atom. The number of aliphatic hydroxyl groups excluding tert-OH is 1. The summed E-state index contributed by atoms with van der Waals surface area (Å²) in [7, 11) is 0. The molecule has 0 saturated heterocycles. The van der Waals surface area contributed by atoms with Crippen molar-refractivity contribution in [3.05, 3.63) is 28.8 Å². The molecule has 6 heteroatoms. The maximum Gasteiger partial charge on any atom is 0.252 e. The van der Waals surface area contributed by atoms with Gasteiger partial charge in [-0.05, 0) is 86.8 Å². The second-order valence-corrected chi connectivity index (χ2v) is 10.1. The number of halogens is 1. The minimum Gasteiger partial charge on any atom is -0.492 e. The first-order valence-electron chi connectivity index (χ1n) is 11.0. The molecule has 5 nitrogen and oxygen atoms in total. The molecule has 4 saturated carbocycles. The fourth-order valence-corrected chi connectivity index (χ4v) is 6.39. The largest absolute Gasteiger partial charge is 0.492 e. The van der Waals surface area contributed by atoms with Crippen LogP contribution in [0.4, 0.5) is 0 Å². The van der Waals surface area contributed by atoms with E-state index < -0.39 is 0 Å². The highest BCUT2D eigenvalue weighted by Crippen LogP contribution is 2.59. The molecule has 4 bridgehead atoms. The van der Waals surface area contributed by atoms with E-state index in [-0.39, 0.29) is 12.0 Å². The highest BCUT2D eigenvalue weighted by molar-refractivity contribution is 6.33. The van der Waals surface area contributed by atoms with Gasteiger partial charge in [0.15, 0.2) is 0 Å². The third-order valence-electron chi connectivity index (χ3n) is 6.96. The summed E-state index contributed by atoms with van der Waals surface area (Å²) in [5.41, 5.74) is 0.784. The third-order valence-corrected chi connectivity index (χ3v) is 7.29. The number of ether oxygens (including phenoxy) is 1. The Kier molecular flexibility index (Phi) is 6.38. The van der Waals surface area contributed by atoms with Crippen LogP contribution in [0.15, 0.2) is 18.2 Å². The number of hydrogen-bond acceptors (Lipinski definition) is 4. The number of rotatable bonds is 9. The Hall–Kier alpha value is -1.30. The molecule has 1 amide bonds. The van der Waals surface area contributed by atoms with E-state index >= 15 is 0 Å². The maximum absolute atomic E-state index is 12.9. The van der Waals surface area contributed by atoms with E-state index in [9.17, 15) is 9.90 Å². The van der Waals surface area contributed by atoms with Crippen LogP contribution < -0.4 is 15.4 Å². The summed E-state index contributed by atoms with van der Waals surface area (Å²) in [6.45, 7) is 4.12. The molecule has 0 unspecified atom stereocenters. The molecule has 29 heavy (non-hydrogen) atoms. The summed E-state index contributed by atoms with van der Waals surface area (Å²) in [6, 6.07) is 5.23. The van der Waals surface area contributed by atoms with E-state index in [0.29, 0.717) is 41.4 Å². The number of amides is 1. The minimum absolute atomic E-state index is 0.108. The summed E-state index contributed by atoms with van der Waals surface area (Å²) in [4.78, 5) is 12.9. The molecule has 0 radical (unpaired) electrons. The van der Waals surface area contributed by atoms with E-state index in [0.717, 1.165) is 24.3 Å². The van der Waals surface area contributed by atoms with Gasteiger partial charge in [0, 0.05) is 19.6 Å². The molecular weight excluding hydrogens is 388 g/mol. The van der Waals surface area contributed by atoms with Gasteiger partial charge in [-0.1, -0.05) is 11.6 Å². The lowest BCUT2D eigenvalue weighted by Crippen LogP contribution is -2.51. The highest BCUT2D eigenvalue weighted by Gasteiger charge is 2.50. The zero-order valence-electron chi connectivity index (χ0n) is 17.3. The van der Waals surface area contributed by atoms with Gasteiger partial charge in [-0.25, -0.2) is 0 Å². The van der Waals surface area contributed by atoms with Gasteiger partial charge >= 0.3 is 0 Å². The predicted octanol–water partition coefficient (Wildman–Crippen LogP) is 3.64. The highest BCUT2D eigenvalue weighted by atomic mass is 35.5. The summed E-state index contributed by atoms with van der Waals surface area (Å²) in [5.74, 6) is 3.15. The zero-order valence-corrected chi connectivity index (χ0v) is 18.0. The Balaban J connectivity index is 1.31. The van der Waals surface area contributed by atoms with E-state index in [1.165, 1.54) is 38.5 Å². The molecular formula is C23H33ClN2O3. The lowest BCUT2D eigenvalue weighted by Gasteiger charge is -2.56. The lowest BCUT2D eigenvalue weighted by atomic mass is 9.49. The van der Waals surface area contributed by atoms with Crippen LogP contribution in [0, 0.1) is 23.2 Å². The van der Waals surface area contributed by atoms with Gasteiger partial charge in [0.05, 0.1) is 16.7 Å². The number of carbonyl (C=O) groups is 1. The van der Waals surface area contributed by atoms with Crippen LogP contribution in [0.5, 0.6) is 5.75 Å². The third kappa shape index (κ3) is 5.07. The van der Waals surface area contributed by atoms with Crippen molar-refractivity contribution in [1.29, 1.82) is 0 Å². The molecule has 1 atom stereocenters. The van der Waals surface area contributed by atoms with Gasteiger partial charge in [0.1, 0.15) is 12.4 Å². The Morgan fingerprint density at radius 2 is 1.90 bits per heavy atom. The standard InChI is InChI=1S/C23H33ClN2O3/c1-15(27)13-25-4-5-29-19-2-3-21(24)20(9-19)22(28)26-14-23-10-16-6-17(11-23)8-18(7-16)12-23/h2-3,9,15-18,25,27H,4-8,10-14H2,1H3,(H,26,28)/t15-,16?,17?,18?,23?/m1/s1. The van der Waals surface area contributed by atoms with Gasteiger partial charge in [-0.3, -0.25) is 4.79 Å². The van der Waals surface area contributed by atoms with Crippen LogP contribution in [0.1, 0.15) is 55.8 Å². The molecule has 160 valence electrons. The zero-order chi connectivity index (χ0) is 20.4. The molecule has 0 heterocycles. The van der Waals surface area contributed by atoms with E-state index in [2.05, 4.69) is 10.6 Å². The fourth-order valence-electron chi connectivity index (χ4n) is 6.19. The molecule has 3 N–H and O–H groups in total. The predicted molar refractivity (Wildman–Crippen MR) is 114 cm³/mol. The van der Waals surface area contributed by atoms with Gasteiger partial charge < -0.3 is 20.5 Å². The van der Waals surface area contributed by atoms with Gasteiger partial charge in [-0.2, -0.15) is 0 Å². The molecule has 0 aliphatic heterocycles. The number of nitrogens with one attached hydrogen (secondary N) is 2. The van der Waals surface area contributed by atoms with Gasteiger partial charge in [0.25, 0.3) is 5.91 Å². The Morgan fingerprint density at radius 3 is 2.52 bits per heavy atom. The van der Waals surface area contributed by atoms with Crippen molar-refractivity contribution >= 4 is 17.5 Å². The molecule has 1 aromatic carbocycles. The van der Waals surface area contributed by atoms with E-state index in [1.807, 2.05) is 0 Å². The fraction of sp³-hybridized carbons (Fsp3) is 0.696. The second-order valence-electron chi connectivity index (χ2n) is 9.64. The molecule has 0 spiro atoms. The molecule has 4 aliphatic rings. The second kappa shape index (κ2) is 8.83. The number of carbonyl (C=O) groups excluding carboxylic acids is 1. The van der Waals surface area contributed by atoms with Crippen molar-refractivity contribution < 1.29 is 14.6 Å². The number of hydrogen-bond donors (Lipinski definition) is 3. The topological polar surface area (TPSA) is 70.6 Å². The normalized spacial score (nSPS) is 30.9. The first-order chi connectivity index (χ1) is 13.9. The van der Waals surface area contributed by atoms with E-state index in [1.54, 1.807) is 25.1 Å². The number of aliphatic hydroxyl groups is 1. The van der Waals surface area contributed by atoms with Crippen molar-refractivity contribution in [3.63, 3.8) is 0 Å². The van der Waals surface area contributed by atoms with Crippen LogP contribution >= 0.6 is 11.6 Å². The SMILES string of the molecule is C[C@@H](O)CNCCOc1ccc(Cl)c(C(=O)NCC23CC4CC(CC(C4)C2)C3)c1. The average molecular weight is 421 g/mol. The maximum atomic E-state index is 12.9. The lowest BCUT2D eigenvalue weighted by molar-refractivity contribution is -0.0503. The molecule has 4 fully saturated rings. The average Bonchev–Trinajstić information content (AvgIpc) is 2.66. The van der Waals surface area contributed by atoms with Gasteiger partial charge in [0.2, 0.25) is 0 Å². The summed E-state index contributed by atoms with van der Waals surface area (Å²) in [6.07, 6.45) is 7.66. The van der Waals surface area contributed by atoms with Crippen LogP contribution in [0.2, 0.25) is 5.02 Å². The first-order valence-corrected chi connectivity index (χ1v) is 11.4.